The van der Waals surface area contributed by atoms with Gasteiger partial charge in [0, 0.05) is 63.6 Å². The number of nitrogens with zero attached hydrogens (tertiary/aromatic N) is 5. The van der Waals surface area contributed by atoms with Crippen molar-refractivity contribution in [3.05, 3.63) is 60.1 Å². The molecule has 2 aromatic heterocycles. The van der Waals surface area contributed by atoms with Gasteiger partial charge >= 0.3 is 0 Å². The van der Waals surface area contributed by atoms with E-state index in [1.54, 1.807) is 6.20 Å². The Morgan fingerprint density at radius 2 is 1.89 bits per heavy atom. The van der Waals surface area contributed by atoms with Crippen molar-refractivity contribution >= 4 is 23.4 Å². The lowest BCUT2D eigenvalue weighted by Gasteiger charge is -2.28. The van der Waals surface area contributed by atoms with Crippen LogP contribution >= 0.6 is 0 Å². The first-order chi connectivity index (χ1) is 17.8. The third-order valence-corrected chi connectivity index (χ3v) is 6.80. The summed E-state index contributed by atoms with van der Waals surface area (Å²) < 4.78 is 27.1. The highest BCUT2D eigenvalue weighted by molar-refractivity contribution is 5.94. The quantitative estimate of drug-likeness (QED) is 0.385. The predicted molar refractivity (Wildman–Crippen MR) is 137 cm³/mol. The van der Waals surface area contributed by atoms with Gasteiger partial charge in [0.2, 0.25) is 0 Å². The van der Waals surface area contributed by atoms with Gasteiger partial charge in [-0.2, -0.15) is 0 Å². The van der Waals surface area contributed by atoms with Crippen molar-refractivity contribution in [3.63, 3.8) is 0 Å². The molecule has 10 nitrogen and oxygen atoms in total. The van der Waals surface area contributed by atoms with Crippen LogP contribution in [0.25, 0.3) is 11.1 Å². The first-order valence-electron chi connectivity index (χ1n) is 12.1. The Hall–Kier alpha value is -3.90. The molecule has 0 bridgehead atoms. The maximum absolute atomic E-state index is 14.0. The number of nitrogens with two attached hydrogens (primary N) is 2. The molecular weight excluding hydrogens is 480 g/mol. The molecule has 2 aliphatic rings. The van der Waals surface area contributed by atoms with Crippen LogP contribution in [0.15, 0.2) is 42.9 Å². The number of halogens is 2. The monoisotopic (exact) mass is 509 g/mol. The van der Waals surface area contributed by atoms with Crippen molar-refractivity contribution in [2.45, 2.75) is 12.0 Å². The van der Waals surface area contributed by atoms with Crippen LogP contribution in [0.5, 0.6) is 0 Å². The standard InChI is InChI=1S/C25H29F2N9O/c26-17-2-3-18(19(27)11-17)24(37)32-13-25(29)5-8-36(14-25)23-21(22(28)33-15-34-23)16-1-4-20(31-12-16)35-9-6-30-7-10-35/h1-4,11-12,15,30H,5-10,13-14,29H2,(H,32,37)(H2,28,33,34). The second-order valence-electron chi connectivity index (χ2n) is 9.44. The Morgan fingerprint density at radius 3 is 2.62 bits per heavy atom. The fraction of sp³-hybridized carbons (Fsp3) is 0.360. The zero-order valence-corrected chi connectivity index (χ0v) is 20.3. The van der Waals surface area contributed by atoms with Crippen molar-refractivity contribution in [2.24, 2.45) is 5.73 Å². The smallest absolute Gasteiger partial charge is 0.254 e. The molecule has 2 fully saturated rings. The number of hydrogen-bond acceptors (Lipinski definition) is 9. The van der Waals surface area contributed by atoms with E-state index in [-0.39, 0.29) is 12.1 Å². The molecule has 5 rings (SSSR count). The van der Waals surface area contributed by atoms with E-state index in [2.05, 4.69) is 30.5 Å². The molecule has 1 aromatic carbocycles. The van der Waals surface area contributed by atoms with Crippen molar-refractivity contribution in [3.8, 4) is 11.1 Å². The minimum Gasteiger partial charge on any atom is -0.383 e. The molecule has 12 heteroatoms. The maximum atomic E-state index is 14.0. The molecule has 37 heavy (non-hydrogen) atoms. The Balaban J connectivity index is 1.30. The van der Waals surface area contributed by atoms with Gasteiger partial charge in [-0.25, -0.2) is 23.7 Å². The Kier molecular flexibility index (Phi) is 6.85. The van der Waals surface area contributed by atoms with Gasteiger partial charge in [0.15, 0.2) is 0 Å². The van der Waals surface area contributed by atoms with Crippen LogP contribution in [0, 0.1) is 11.6 Å². The van der Waals surface area contributed by atoms with Crippen molar-refractivity contribution in [2.75, 3.05) is 61.3 Å². The van der Waals surface area contributed by atoms with Crippen LogP contribution in [-0.2, 0) is 0 Å². The van der Waals surface area contributed by atoms with Crippen LogP contribution < -0.4 is 31.9 Å². The summed E-state index contributed by atoms with van der Waals surface area (Å²) >= 11 is 0. The maximum Gasteiger partial charge on any atom is 0.254 e. The molecule has 0 saturated carbocycles. The molecule has 194 valence electrons. The summed E-state index contributed by atoms with van der Waals surface area (Å²) in [6.07, 6.45) is 3.74. The number of carbonyl (C=O) groups excluding carboxylic acids is 1. The highest BCUT2D eigenvalue weighted by atomic mass is 19.1. The number of nitrogens with one attached hydrogen (secondary N) is 2. The SMILES string of the molecule is Nc1ncnc(N2CCC(N)(CNC(=O)c3ccc(F)cc3F)C2)c1-c1ccc(N2CCNCC2)nc1. The minimum absolute atomic E-state index is 0.107. The minimum atomic E-state index is -0.922. The number of hydrogen-bond donors (Lipinski definition) is 4. The van der Waals surface area contributed by atoms with Crippen LogP contribution in [0.4, 0.5) is 26.2 Å². The number of carbonyl (C=O) groups is 1. The number of aromatic nitrogens is 3. The zero-order chi connectivity index (χ0) is 26.0. The first-order valence-corrected chi connectivity index (χ1v) is 12.1. The number of amides is 1. The highest BCUT2D eigenvalue weighted by Crippen LogP contribution is 2.36. The predicted octanol–water partition coefficient (Wildman–Crippen LogP) is 1.15. The summed E-state index contributed by atoms with van der Waals surface area (Å²) in [5.74, 6) is -0.455. The van der Waals surface area contributed by atoms with Gasteiger partial charge in [-0.05, 0) is 30.7 Å². The first kappa shape index (κ1) is 24.8. The third-order valence-electron chi connectivity index (χ3n) is 6.80. The molecule has 3 aromatic rings. The molecule has 4 heterocycles. The fourth-order valence-corrected chi connectivity index (χ4v) is 4.77. The molecule has 1 unspecified atom stereocenters. The van der Waals surface area contributed by atoms with Gasteiger partial charge in [-0.3, -0.25) is 4.79 Å². The molecule has 0 aliphatic carbocycles. The van der Waals surface area contributed by atoms with E-state index in [1.165, 1.54) is 6.33 Å². The van der Waals surface area contributed by atoms with E-state index in [9.17, 15) is 13.6 Å². The molecule has 1 atom stereocenters. The normalized spacial score (nSPS) is 19.8. The third kappa shape index (κ3) is 5.30. The van der Waals surface area contributed by atoms with Gasteiger partial charge in [0.1, 0.15) is 35.4 Å². The Labute approximate surface area is 213 Å². The summed E-state index contributed by atoms with van der Waals surface area (Å²) in [4.78, 5) is 30.0. The van der Waals surface area contributed by atoms with E-state index >= 15 is 0 Å². The second-order valence-corrected chi connectivity index (χ2v) is 9.44. The van der Waals surface area contributed by atoms with Crippen molar-refractivity contribution in [1.82, 2.24) is 25.6 Å². The molecule has 0 radical (unpaired) electrons. The van der Waals surface area contributed by atoms with Gasteiger partial charge in [0.05, 0.1) is 16.7 Å². The van der Waals surface area contributed by atoms with Crippen molar-refractivity contribution < 1.29 is 13.6 Å². The van der Waals surface area contributed by atoms with Crippen LogP contribution in [0.1, 0.15) is 16.8 Å². The van der Waals surface area contributed by atoms with E-state index in [4.69, 9.17) is 11.5 Å². The topological polar surface area (TPSA) is 138 Å². The van der Waals surface area contributed by atoms with E-state index in [0.29, 0.717) is 42.8 Å². The number of piperazine rings is 1. The lowest BCUT2D eigenvalue weighted by atomic mass is 10.00. The van der Waals surface area contributed by atoms with Crippen LogP contribution in [0.3, 0.4) is 0 Å². The summed E-state index contributed by atoms with van der Waals surface area (Å²) in [5, 5.41) is 6.01. The number of pyridine rings is 1. The molecule has 2 aliphatic heterocycles. The second kappa shape index (κ2) is 10.2. The van der Waals surface area contributed by atoms with E-state index in [0.717, 1.165) is 49.7 Å². The lowest BCUT2D eigenvalue weighted by Crippen LogP contribution is -2.52. The zero-order valence-electron chi connectivity index (χ0n) is 20.3. The van der Waals surface area contributed by atoms with Gasteiger partial charge < -0.3 is 31.9 Å². The van der Waals surface area contributed by atoms with Crippen LogP contribution in [-0.4, -0.2) is 72.2 Å². The van der Waals surface area contributed by atoms with Gasteiger partial charge in [-0.15, -0.1) is 0 Å². The van der Waals surface area contributed by atoms with Gasteiger partial charge in [0.25, 0.3) is 5.91 Å². The lowest BCUT2D eigenvalue weighted by molar-refractivity contribution is 0.0941. The molecule has 0 spiro atoms. The number of rotatable bonds is 6. The molecule has 1 amide bonds. The fourth-order valence-electron chi connectivity index (χ4n) is 4.77. The van der Waals surface area contributed by atoms with Crippen LogP contribution in [0.2, 0.25) is 0 Å². The number of benzene rings is 1. The Morgan fingerprint density at radius 1 is 1.08 bits per heavy atom. The largest absolute Gasteiger partial charge is 0.383 e. The summed E-state index contributed by atoms with van der Waals surface area (Å²) in [5.41, 5.74) is 13.3. The number of anilines is 3. The number of nitrogen functional groups attached to an aromatic ring is 1. The highest BCUT2D eigenvalue weighted by Gasteiger charge is 2.37. The molecule has 2 saturated heterocycles. The molecule has 6 N–H and O–H groups in total. The average molecular weight is 510 g/mol. The Bertz CT molecular complexity index is 1280. The van der Waals surface area contributed by atoms with Gasteiger partial charge in [-0.1, -0.05) is 0 Å². The molecular formula is C25H29F2N9O. The van der Waals surface area contributed by atoms with E-state index < -0.39 is 23.1 Å². The van der Waals surface area contributed by atoms with Crippen molar-refractivity contribution in [1.29, 1.82) is 0 Å². The summed E-state index contributed by atoms with van der Waals surface area (Å²) in [7, 11) is 0. The summed E-state index contributed by atoms with van der Waals surface area (Å²) in [6, 6.07) is 6.77. The van der Waals surface area contributed by atoms with E-state index in [1.807, 2.05) is 17.0 Å². The summed E-state index contributed by atoms with van der Waals surface area (Å²) in [6.45, 7) is 4.69. The average Bonchev–Trinajstić information content (AvgIpc) is 3.30.